The topological polar surface area (TPSA) is 38.0 Å². The molecule has 94 valence electrons. The molecule has 1 aliphatic heterocycles. The van der Waals surface area contributed by atoms with Crippen molar-refractivity contribution in [2.45, 2.75) is 24.5 Å². The van der Waals surface area contributed by atoms with Crippen molar-refractivity contribution in [2.75, 3.05) is 23.3 Å². The van der Waals surface area contributed by atoms with Crippen LogP contribution in [0.25, 0.3) is 0 Å². The second-order valence-electron chi connectivity index (χ2n) is 4.61. The van der Waals surface area contributed by atoms with Gasteiger partial charge in [0.15, 0.2) is 0 Å². The van der Waals surface area contributed by atoms with Gasteiger partial charge in [-0.1, -0.05) is 0 Å². The molecule has 1 aliphatic rings. The van der Waals surface area contributed by atoms with E-state index in [1.54, 1.807) is 6.07 Å². The van der Waals surface area contributed by atoms with Crippen LogP contribution in [-0.4, -0.2) is 17.0 Å². The van der Waals surface area contributed by atoms with Crippen molar-refractivity contribution in [1.82, 2.24) is 0 Å². The number of benzene rings is 1. The lowest BCUT2D eigenvalue weighted by Gasteiger charge is -2.24. The normalized spacial score (nSPS) is 23.9. The van der Waals surface area contributed by atoms with Crippen LogP contribution in [0, 0.1) is 9.39 Å². The van der Waals surface area contributed by atoms with Gasteiger partial charge in [-0.3, -0.25) is 0 Å². The molecule has 0 bridgehead atoms. The molecule has 0 saturated carbocycles. The van der Waals surface area contributed by atoms with Crippen molar-refractivity contribution in [3.8, 4) is 0 Å². The molecule has 0 aliphatic carbocycles. The van der Waals surface area contributed by atoms with E-state index in [0.717, 1.165) is 6.54 Å². The van der Waals surface area contributed by atoms with Crippen molar-refractivity contribution in [1.29, 1.82) is 0 Å². The Labute approximate surface area is 119 Å². The van der Waals surface area contributed by atoms with Gasteiger partial charge in [0.1, 0.15) is 5.82 Å². The van der Waals surface area contributed by atoms with Gasteiger partial charge in [-0.2, -0.15) is 11.8 Å². The molecule has 0 amide bonds. The molecule has 1 fully saturated rings. The summed E-state index contributed by atoms with van der Waals surface area (Å²) in [5.74, 6) is 1.00. The van der Waals surface area contributed by atoms with Gasteiger partial charge in [-0.15, -0.1) is 0 Å². The van der Waals surface area contributed by atoms with E-state index in [2.05, 4.69) is 12.2 Å². The Morgan fingerprint density at radius 1 is 1.59 bits per heavy atom. The molecule has 0 radical (unpaired) electrons. The molecule has 0 aromatic heterocycles. The lowest BCUT2D eigenvalue weighted by molar-refractivity contribution is 0.618. The van der Waals surface area contributed by atoms with Crippen molar-refractivity contribution in [2.24, 2.45) is 0 Å². The maximum atomic E-state index is 13.4. The van der Waals surface area contributed by atoms with Gasteiger partial charge in [-0.05, 0) is 54.2 Å². The lowest BCUT2D eigenvalue weighted by Crippen LogP contribution is -2.27. The number of halogens is 2. The summed E-state index contributed by atoms with van der Waals surface area (Å²) in [6.45, 7) is 3.08. The molecule has 1 atom stereocenters. The highest BCUT2D eigenvalue weighted by Crippen LogP contribution is 2.38. The fourth-order valence-corrected chi connectivity index (χ4v) is 3.71. The van der Waals surface area contributed by atoms with E-state index in [1.807, 2.05) is 34.4 Å². The highest BCUT2D eigenvalue weighted by atomic mass is 127. The van der Waals surface area contributed by atoms with Crippen LogP contribution in [0.1, 0.15) is 19.8 Å². The van der Waals surface area contributed by atoms with Crippen LogP contribution in [0.15, 0.2) is 12.1 Å². The Morgan fingerprint density at radius 3 is 3.00 bits per heavy atom. The van der Waals surface area contributed by atoms with Crippen molar-refractivity contribution in [3.05, 3.63) is 21.5 Å². The highest BCUT2D eigenvalue weighted by molar-refractivity contribution is 14.1. The number of thioether (sulfide) groups is 1. The monoisotopic (exact) mass is 366 g/mol. The molecule has 2 nitrogen and oxygen atoms in total. The van der Waals surface area contributed by atoms with Gasteiger partial charge >= 0.3 is 0 Å². The number of nitrogen functional groups attached to an aromatic ring is 1. The number of hydrogen-bond donors (Lipinski definition) is 2. The third-order valence-electron chi connectivity index (χ3n) is 3.05. The molecule has 1 unspecified atom stereocenters. The minimum absolute atomic E-state index is 0.216. The lowest BCUT2D eigenvalue weighted by atomic mass is 10.1. The Balaban J connectivity index is 2.06. The first kappa shape index (κ1) is 13.3. The number of anilines is 2. The summed E-state index contributed by atoms with van der Waals surface area (Å²) in [5, 5.41) is 3.27. The first-order valence-electron chi connectivity index (χ1n) is 5.62. The van der Waals surface area contributed by atoms with Crippen molar-refractivity contribution >= 4 is 45.7 Å². The zero-order valence-electron chi connectivity index (χ0n) is 9.72. The zero-order valence-corrected chi connectivity index (χ0v) is 12.7. The summed E-state index contributed by atoms with van der Waals surface area (Å²) >= 11 is 3.93. The SMILES string of the molecule is CC1(CNc2cc(F)c(I)cc2N)CCCS1. The summed E-state index contributed by atoms with van der Waals surface area (Å²) in [7, 11) is 0. The molecular weight excluding hydrogens is 350 g/mol. The minimum Gasteiger partial charge on any atom is -0.397 e. The van der Waals surface area contributed by atoms with Crippen LogP contribution in [0.5, 0.6) is 0 Å². The highest BCUT2D eigenvalue weighted by Gasteiger charge is 2.29. The van der Waals surface area contributed by atoms with E-state index < -0.39 is 0 Å². The van der Waals surface area contributed by atoms with Crippen molar-refractivity contribution in [3.63, 3.8) is 0 Å². The van der Waals surface area contributed by atoms with Gasteiger partial charge in [0.05, 0.1) is 14.9 Å². The van der Waals surface area contributed by atoms with Crippen LogP contribution in [0.2, 0.25) is 0 Å². The average molecular weight is 366 g/mol. The first-order chi connectivity index (χ1) is 8.00. The van der Waals surface area contributed by atoms with Gasteiger partial charge < -0.3 is 11.1 Å². The van der Waals surface area contributed by atoms with Gasteiger partial charge in [0.2, 0.25) is 0 Å². The smallest absolute Gasteiger partial charge is 0.138 e. The molecule has 1 aromatic carbocycles. The number of nitrogens with one attached hydrogen (secondary N) is 1. The predicted molar refractivity (Wildman–Crippen MR) is 82.1 cm³/mol. The van der Waals surface area contributed by atoms with E-state index in [-0.39, 0.29) is 10.6 Å². The number of nitrogens with two attached hydrogens (primary N) is 1. The molecule has 1 heterocycles. The molecule has 2 rings (SSSR count). The molecular formula is C12H16FIN2S. The molecule has 1 saturated heterocycles. The Bertz CT molecular complexity index is 419. The standard InChI is InChI=1S/C12H16FIN2S/c1-12(3-2-4-17-12)7-16-11-5-8(13)9(14)6-10(11)15/h5-6,16H,2-4,7,15H2,1H3. The summed E-state index contributed by atoms with van der Waals surface area (Å²) in [6, 6.07) is 3.16. The second kappa shape index (κ2) is 5.22. The maximum absolute atomic E-state index is 13.4. The predicted octanol–water partition coefficient (Wildman–Crippen LogP) is 3.71. The Morgan fingerprint density at radius 2 is 2.35 bits per heavy atom. The van der Waals surface area contributed by atoms with E-state index >= 15 is 0 Å². The Hall–Kier alpha value is -0.170. The fraction of sp³-hybridized carbons (Fsp3) is 0.500. The third kappa shape index (κ3) is 3.19. The van der Waals surface area contributed by atoms with Gasteiger partial charge in [0, 0.05) is 17.4 Å². The molecule has 3 N–H and O–H groups in total. The van der Waals surface area contributed by atoms with E-state index in [0.29, 0.717) is 14.9 Å². The zero-order chi connectivity index (χ0) is 12.5. The average Bonchev–Trinajstić information content (AvgIpc) is 2.69. The molecule has 17 heavy (non-hydrogen) atoms. The van der Waals surface area contributed by atoms with E-state index in [9.17, 15) is 4.39 Å². The van der Waals surface area contributed by atoms with Crippen LogP contribution in [0.4, 0.5) is 15.8 Å². The van der Waals surface area contributed by atoms with Crippen LogP contribution >= 0.6 is 34.4 Å². The fourth-order valence-electron chi connectivity index (χ4n) is 1.97. The number of hydrogen-bond acceptors (Lipinski definition) is 3. The largest absolute Gasteiger partial charge is 0.397 e. The summed E-state index contributed by atoms with van der Waals surface area (Å²) in [4.78, 5) is 0. The summed E-state index contributed by atoms with van der Waals surface area (Å²) in [5.41, 5.74) is 7.20. The summed E-state index contributed by atoms with van der Waals surface area (Å²) in [6.07, 6.45) is 2.47. The van der Waals surface area contributed by atoms with Gasteiger partial charge in [0.25, 0.3) is 0 Å². The quantitative estimate of drug-likeness (QED) is 0.633. The molecule has 5 heteroatoms. The van der Waals surface area contributed by atoms with Crippen LogP contribution in [0.3, 0.4) is 0 Å². The van der Waals surface area contributed by atoms with Crippen LogP contribution in [-0.2, 0) is 0 Å². The van der Waals surface area contributed by atoms with Crippen LogP contribution < -0.4 is 11.1 Å². The summed E-state index contributed by atoms with van der Waals surface area (Å²) < 4.78 is 14.3. The second-order valence-corrected chi connectivity index (χ2v) is 7.45. The molecule has 1 aromatic rings. The minimum atomic E-state index is -0.216. The van der Waals surface area contributed by atoms with E-state index in [4.69, 9.17) is 5.73 Å². The number of rotatable bonds is 3. The van der Waals surface area contributed by atoms with Crippen molar-refractivity contribution < 1.29 is 4.39 Å². The maximum Gasteiger partial charge on any atom is 0.138 e. The van der Waals surface area contributed by atoms with E-state index in [1.165, 1.54) is 24.7 Å². The first-order valence-corrected chi connectivity index (χ1v) is 7.69. The molecule has 0 spiro atoms. The Kier molecular flexibility index (Phi) is 4.07. The van der Waals surface area contributed by atoms with Gasteiger partial charge in [-0.25, -0.2) is 4.39 Å². The third-order valence-corrected chi connectivity index (χ3v) is 5.41.